The van der Waals surface area contributed by atoms with E-state index in [4.69, 9.17) is 4.98 Å². The van der Waals surface area contributed by atoms with Crippen LogP contribution in [0.2, 0.25) is 0 Å². The SMILES string of the molecule is c1ccc(P(c2ccccc2)c2ccc(-c3ccc4c(-c5ccc6ccccc6c5)c5ccccc5c(-c5ccc6ccccc6c5)c4c3)cn2)cc1. The van der Waals surface area contributed by atoms with Crippen molar-refractivity contribution in [3.8, 4) is 33.4 Å². The Morgan fingerprint density at radius 1 is 0.302 bits per heavy atom. The minimum absolute atomic E-state index is 0.780. The van der Waals surface area contributed by atoms with Gasteiger partial charge in [-0.15, -0.1) is 0 Å². The van der Waals surface area contributed by atoms with Crippen molar-refractivity contribution >= 4 is 67.1 Å². The molecule has 0 bridgehead atoms. The van der Waals surface area contributed by atoms with E-state index in [1.165, 1.54) is 76.0 Å². The molecule has 10 rings (SSSR count). The molecule has 0 radical (unpaired) electrons. The first kappa shape index (κ1) is 31.3. The third-order valence-electron chi connectivity index (χ3n) is 10.4. The van der Waals surface area contributed by atoms with Crippen molar-refractivity contribution in [3.63, 3.8) is 0 Å². The predicted molar refractivity (Wildman–Crippen MR) is 229 cm³/mol. The Morgan fingerprint density at radius 3 is 1.30 bits per heavy atom. The van der Waals surface area contributed by atoms with E-state index in [1.54, 1.807) is 0 Å². The molecular formula is C51H34NP. The average molecular weight is 692 g/mol. The fourth-order valence-electron chi connectivity index (χ4n) is 7.93. The van der Waals surface area contributed by atoms with Gasteiger partial charge in [0.15, 0.2) is 0 Å². The van der Waals surface area contributed by atoms with Crippen molar-refractivity contribution in [2.75, 3.05) is 0 Å². The maximum Gasteiger partial charge on any atom is 0.0721 e. The standard InChI is InChI=1S/C51H34NP/c1-3-17-43(18-4-1)53(44-19-5-2-6-20-44)49-30-28-42(34-52-49)39-27-29-47-48(33-39)51(41-26-24-36-14-8-10-16-38(36)32-41)46-22-12-11-21-45(46)50(47)40-25-23-35-13-7-9-15-37(35)31-40/h1-34H. The molecule has 0 aliphatic rings. The molecule has 0 aliphatic carbocycles. The summed E-state index contributed by atoms with van der Waals surface area (Å²) in [6.07, 6.45) is 2.07. The van der Waals surface area contributed by atoms with Crippen LogP contribution in [0.5, 0.6) is 0 Å². The van der Waals surface area contributed by atoms with E-state index in [1.807, 2.05) is 0 Å². The van der Waals surface area contributed by atoms with Crippen molar-refractivity contribution < 1.29 is 0 Å². The molecule has 0 fully saturated rings. The molecule has 248 valence electrons. The lowest BCUT2D eigenvalue weighted by Crippen LogP contribution is -2.22. The van der Waals surface area contributed by atoms with E-state index in [9.17, 15) is 0 Å². The van der Waals surface area contributed by atoms with Gasteiger partial charge in [-0.2, -0.15) is 0 Å². The monoisotopic (exact) mass is 691 g/mol. The summed E-state index contributed by atoms with van der Waals surface area (Å²) in [4.78, 5) is 5.18. The summed E-state index contributed by atoms with van der Waals surface area (Å²) in [7, 11) is -0.780. The van der Waals surface area contributed by atoms with E-state index < -0.39 is 7.92 Å². The lowest BCUT2D eigenvalue weighted by Gasteiger charge is -2.20. The predicted octanol–water partition coefficient (Wildman–Crippen LogP) is 12.5. The second-order valence-corrected chi connectivity index (χ2v) is 15.8. The summed E-state index contributed by atoms with van der Waals surface area (Å²) < 4.78 is 0. The Morgan fingerprint density at radius 2 is 0.755 bits per heavy atom. The molecule has 1 nitrogen and oxygen atoms in total. The number of aromatic nitrogens is 1. The number of pyridine rings is 1. The average Bonchev–Trinajstić information content (AvgIpc) is 3.23. The van der Waals surface area contributed by atoms with Crippen LogP contribution in [0.4, 0.5) is 0 Å². The zero-order chi connectivity index (χ0) is 35.1. The maximum absolute atomic E-state index is 5.18. The highest BCUT2D eigenvalue weighted by Crippen LogP contribution is 2.45. The largest absolute Gasteiger partial charge is 0.255 e. The van der Waals surface area contributed by atoms with Gasteiger partial charge in [-0.3, -0.25) is 4.98 Å². The highest BCUT2D eigenvalue weighted by Gasteiger charge is 2.20. The Labute approximate surface area is 310 Å². The highest BCUT2D eigenvalue weighted by molar-refractivity contribution is 7.79. The molecule has 0 atom stereocenters. The molecule has 9 aromatic carbocycles. The number of hydrogen-bond donors (Lipinski definition) is 0. The molecule has 2 heteroatoms. The van der Waals surface area contributed by atoms with Crippen LogP contribution in [0.1, 0.15) is 0 Å². The molecular weight excluding hydrogens is 658 g/mol. The van der Waals surface area contributed by atoms with Gasteiger partial charge in [0.25, 0.3) is 0 Å². The summed E-state index contributed by atoms with van der Waals surface area (Å²) >= 11 is 0. The third kappa shape index (κ3) is 5.67. The minimum atomic E-state index is -0.780. The van der Waals surface area contributed by atoms with Gasteiger partial charge in [0, 0.05) is 19.7 Å². The first-order valence-corrected chi connectivity index (χ1v) is 19.5. The van der Waals surface area contributed by atoms with Crippen LogP contribution in [-0.2, 0) is 0 Å². The molecule has 1 heterocycles. The molecule has 0 saturated heterocycles. The molecule has 1 aromatic heterocycles. The van der Waals surface area contributed by atoms with Crippen LogP contribution in [0.25, 0.3) is 76.5 Å². The van der Waals surface area contributed by atoms with Crippen LogP contribution < -0.4 is 16.0 Å². The third-order valence-corrected chi connectivity index (χ3v) is 12.8. The van der Waals surface area contributed by atoms with E-state index in [0.717, 1.165) is 16.6 Å². The Hall–Kier alpha value is -6.40. The number of fused-ring (bicyclic) bond motifs is 4. The fourth-order valence-corrected chi connectivity index (χ4v) is 10.1. The van der Waals surface area contributed by atoms with Crippen LogP contribution in [-0.4, -0.2) is 4.98 Å². The molecule has 0 spiro atoms. The summed E-state index contributed by atoms with van der Waals surface area (Å²) in [6.45, 7) is 0. The van der Waals surface area contributed by atoms with Crippen LogP contribution in [0.15, 0.2) is 206 Å². The van der Waals surface area contributed by atoms with E-state index in [2.05, 4.69) is 206 Å². The number of benzene rings is 9. The normalized spacial score (nSPS) is 11.6. The fraction of sp³-hybridized carbons (Fsp3) is 0. The summed E-state index contributed by atoms with van der Waals surface area (Å²) in [5.74, 6) is 0. The quantitative estimate of drug-likeness (QED) is 0.125. The second kappa shape index (κ2) is 13.3. The molecule has 0 unspecified atom stereocenters. The molecule has 0 N–H and O–H groups in total. The zero-order valence-electron chi connectivity index (χ0n) is 29.0. The molecule has 0 amide bonds. The Bertz CT molecular complexity index is 2890. The van der Waals surface area contributed by atoms with Gasteiger partial charge in [-0.1, -0.05) is 176 Å². The Kier molecular flexibility index (Phi) is 7.86. The molecule has 0 saturated carbocycles. The van der Waals surface area contributed by atoms with Gasteiger partial charge in [0.2, 0.25) is 0 Å². The van der Waals surface area contributed by atoms with Crippen LogP contribution >= 0.6 is 7.92 Å². The van der Waals surface area contributed by atoms with Crippen molar-refractivity contribution in [2.24, 2.45) is 0 Å². The molecule has 53 heavy (non-hydrogen) atoms. The van der Waals surface area contributed by atoms with Gasteiger partial charge < -0.3 is 0 Å². The first-order valence-electron chi connectivity index (χ1n) is 18.1. The smallest absolute Gasteiger partial charge is 0.0721 e. The summed E-state index contributed by atoms with van der Waals surface area (Å²) in [5.41, 5.74) is 8.33. The first-order chi connectivity index (χ1) is 26.3. The number of nitrogens with zero attached hydrogens (tertiary/aromatic N) is 1. The highest BCUT2D eigenvalue weighted by atomic mass is 31.1. The van der Waals surface area contributed by atoms with Gasteiger partial charge >= 0.3 is 0 Å². The summed E-state index contributed by atoms with van der Waals surface area (Å²) in [5, 5.41) is 12.6. The lowest BCUT2D eigenvalue weighted by atomic mass is 9.84. The molecule has 10 aromatic rings. The maximum atomic E-state index is 5.18. The van der Waals surface area contributed by atoms with Gasteiger partial charge in [0.05, 0.1) is 5.44 Å². The zero-order valence-corrected chi connectivity index (χ0v) is 29.9. The van der Waals surface area contributed by atoms with E-state index >= 15 is 0 Å². The summed E-state index contributed by atoms with van der Waals surface area (Å²) in [6, 6.07) is 73.0. The van der Waals surface area contributed by atoms with E-state index in [0.29, 0.717) is 0 Å². The number of rotatable bonds is 6. The van der Waals surface area contributed by atoms with Crippen molar-refractivity contribution in [3.05, 3.63) is 206 Å². The lowest BCUT2D eigenvalue weighted by molar-refractivity contribution is 1.39. The van der Waals surface area contributed by atoms with E-state index in [-0.39, 0.29) is 0 Å². The second-order valence-electron chi connectivity index (χ2n) is 13.6. The van der Waals surface area contributed by atoms with Crippen LogP contribution in [0, 0.1) is 0 Å². The van der Waals surface area contributed by atoms with Crippen molar-refractivity contribution in [1.82, 2.24) is 4.98 Å². The van der Waals surface area contributed by atoms with Gasteiger partial charge in [-0.25, -0.2) is 0 Å². The Balaban J connectivity index is 1.19. The topological polar surface area (TPSA) is 12.9 Å². The van der Waals surface area contributed by atoms with Gasteiger partial charge in [-0.05, 0) is 106 Å². The van der Waals surface area contributed by atoms with Gasteiger partial charge in [0.1, 0.15) is 0 Å². The van der Waals surface area contributed by atoms with Crippen molar-refractivity contribution in [1.29, 1.82) is 0 Å². The molecule has 0 aliphatic heterocycles. The minimum Gasteiger partial charge on any atom is -0.255 e. The number of hydrogen-bond acceptors (Lipinski definition) is 1. The van der Waals surface area contributed by atoms with Crippen LogP contribution in [0.3, 0.4) is 0 Å². The van der Waals surface area contributed by atoms with Crippen molar-refractivity contribution in [2.45, 2.75) is 0 Å².